The highest BCUT2D eigenvalue weighted by Crippen LogP contribution is 2.39. The Morgan fingerprint density at radius 2 is 2.21 bits per heavy atom. The number of halogens is 1. The first-order chi connectivity index (χ1) is 9.17. The molecule has 2 heterocycles. The van der Waals surface area contributed by atoms with Gasteiger partial charge in [-0.05, 0) is 31.4 Å². The van der Waals surface area contributed by atoms with Crippen molar-refractivity contribution in [3.63, 3.8) is 0 Å². The summed E-state index contributed by atoms with van der Waals surface area (Å²) in [5.41, 5.74) is 2.35. The van der Waals surface area contributed by atoms with Crippen LogP contribution in [0.15, 0.2) is 12.1 Å². The zero-order valence-corrected chi connectivity index (χ0v) is 11.1. The van der Waals surface area contributed by atoms with Gasteiger partial charge < -0.3 is 5.32 Å². The molecule has 5 nitrogen and oxygen atoms in total. The number of nitrogens with one attached hydrogen (secondary N) is 2. The van der Waals surface area contributed by atoms with Crippen molar-refractivity contribution in [2.24, 2.45) is 0 Å². The number of aromatic nitrogens is 3. The van der Waals surface area contributed by atoms with Crippen molar-refractivity contribution in [2.45, 2.75) is 25.7 Å². The van der Waals surface area contributed by atoms with Gasteiger partial charge in [0.05, 0.1) is 6.57 Å². The van der Waals surface area contributed by atoms with Crippen LogP contribution in [0.3, 0.4) is 0 Å². The van der Waals surface area contributed by atoms with Gasteiger partial charge >= 0.3 is 0 Å². The fourth-order valence-corrected chi connectivity index (χ4v) is 2.24. The molecule has 2 N–H and O–H groups in total. The number of anilines is 2. The molecule has 0 saturated heterocycles. The number of rotatable bonds is 3. The van der Waals surface area contributed by atoms with E-state index >= 15 is 0 Å². The smallest absolute Gasteiger partial charge is 0.226 e. The van der Waals surface area contributed by atoms with Gasteiger partial charge in [0.15, 0.2) is 5.82 Å². The third kappa shape index (κ3) is 2.40. The molecule has 0 radical (unpaired) electrons. The number of H-pyrrole nitrogens is 1. The zero-order valence-electron chi connectivity index (χ0n) is 10.4. The minimum Gasteiger partial charge on any atom is -0.324 e. The Hall–Kier alpha value is -2.06. The van der Waals surface area contributed by atoms with Crippen molar-refractivity contribution >= 4 is 28.9 Å². The third-order valence-corrected chi connectivity index (χ3v) is 3.39. The maximum Gasteiger partial charge on any atom is 0.226 e. The van der Waals surface area contributed by atoms with E-state index in [1.54, 1.807) is 6.07 Å². The molecule has 1 saturated carbocycles. The van der Waals surface area contributed by atoms with Gasteiger partial charge in [-0.3, -0.25) is 5.10 Å². The Morgan fingerprint density at radius 3 is 2.84 bits per heavy atom. The Kier molecular flexibility index (Phi) is 2.88. The van der Waals surface area contributed by atoms with Crippen LogP contribution in [0, 0.1) is 13.5 Å². The minimum absolute atomic E-state index is 0.218. The predicted octanol–water partition coefficient (Wildman–Crippen LogP) is 3.94. The quantitative estimate of drug-likeness (QED) is 0.658. The van der Waals surface area contributed by atoms with E-state index < -0.39 is 0 Å². The van der Waals surface area contributed by atoms with Gasteiger partial charge in [0, 0.05) is 17.7 Å². The molecule has 1 fully saturated rings. The van der Waals surface area contributed by atoms with Crippen LogP contribution in [0.1, 0.15) is 30.0 Å². The second-order valence-electron chi connectivity index (χ2n) is 4.68. The summed E-state index contributed by atoms with van der Waals surface area (Å²) in [6.45, 7) is 8.88. The molecule has 2 aromatic heterocycles. The predicted molar refractivity (Wildman–Crippen MR) is 74.1 cm³/mol. The lowest BCUT2D eigenvalue weighted by molar-refractivity contribution is 0.966. The number of nitrogens with zero attached hydrogens (tertiary/aromatic N) is 3. The summed E-state index contributed by atoms with van der Waals surface area (Å²) in [7, 11) is 0. The van der Waals surface area contributed by atoms with Crippen LogP contribution in [0.4, 0.5) is 17.3 Å². The van der Waals surface area contributed by atoms with E-state index in [2.05, 4.69) is 25.3 Å². The Labute approximate surface area is 115 Å². The van der Waals surface area contributed by atoms with Gasteiger partial charge in [0.1, 0.15) is 11.0 Å². The number of pyridine rings is 1. The van der Waals surface area contributed by atoms with Crippen LogP contribution >= 0.6 is 11.6 Å². The second-order valence-corrected chi connectivity index (χ2v) is 5.04. The van der Waals surface area contributed by atoms with Crippen molar-refractivity contribution in [3.8, 4) is 0 Å². The molecule has 0 atom stereocenters. The molecule has 0 spiro atoms. The third-order valence-electron chi connectivity index (χ3n) is 3.12. The van der Waals surface area contributed by atoms with Gasteiger partial charge in [-0.1, -0.05) is 11.6 Å². The lowest BCUT2D eigenvalue weighted by atomic mass is 10.2. The SMILES string of the molecule is [C-]#[N+]c1c(C)cc(Nc2cc(C3CC3)[nH]n2)nc1Cl. The van der Waals surface area contributed by atoms with Crippen LogP contribution in [0.25, 0.3) is 4.85 Å². The lowest BCUT2D eigenvalue weighted by Gasteiger charge is -2.05. The van der Waals surface area contributed by atoms with E-state index in [0.717, 1.165) is 17.1 Å². The topological polar surface area (TPSA) is 58.0 Å². The zero-order chi connectivity index (χ0) is 13.4. The molecular formula is C13H12ClN5. The number of aromatic amines is 1. The molecule has 0 aromatic carbocycles. The summed E-state index contributed by atoms with van der Waals surface area (Å²) in [6.07, 6.45) is 2.45. The van der Waals surface area contributed by atoms with Gasteiger partial charge in [0.25, 0.3) is 0 Å². The fraction of sp³-hybridized carbons (Fsp3) is 0.308. The maximum absolute atomic E-state index is 7.04. The highest BCUT2D eigenvalue weighted by Gasteiger charge is 2.25. The van der Waals surface area contributed by atoms with E-state index in [4.69, 9.17) is 18.2 Å². The molecule has 2 aromatic rings. The number of hydrogen-bond acceptors (Lipinski definition) is 3. The Morgan fingerprint density at radius 1 is 1.42 bits per heavy atom. The van der Waals surface area contributed by atoms with E-state index in [9.17, 15) is 0 Å². The van der Waals surface area contributed by atoms with Crippen LogP contribution in [-0.4, -0.2) is 15.2 Å². The first-order valence-electron chi connectivity index (χ1n) is 6.04. The Bertz CT molecular complexity index is 643. The van der Waals surface area contributed by atoms with Crippen molar-refractivity contribution in [1.29, 1.82) is 0 Å². The molecule has 0 unspecified atom stereocenters. The van der Waals surface area contributed by atoms with Crippen LogP contribution < -0.4 is 5.32 Å². The van der Waals surface area contributed by atoms with Crippen molar-refractivity contribution in [2.75, 3.05) is 5.32 Å². The van der Waals surface area contributed by atoms with Crippen LogP contribution in [0.2, 0.25) is 5.15 Å². The average Bonchev–Trinajstić information content (AvgIpc) is 3.10. The summed E-state index contributed by atoms with van der Waals surface area (Å²) in [5.74, 6) is 1.95. The van der Waals surface area contributed by atoms with Crippen molar-refractivity contribution < 1.29 is 0 Å². The normalized spacial score (nSPS) is 14.2. The minimum atomic E-state index is 0.218. The van der Waals surface area contributed by atoms with Gasteiger partial charge in [-0.2, -0.15) is 5.10 Å². The molecule has 0 bridgehead atoms. The summed E-state index contributed by atoms with van der Waals surface area (Å²) in [4.78, 5) is 7.52. The van der Waals surface area contributed by atoms with E-state index in [-0.39, 0.29) is 5.15 Å². The molecule has 3 rings (SSSR count). The van der Waals surface area contributed by atoms with Gasteiger partial charge in [0.2, 0.25) is 5.69 Å². The largest absolute Gasteiger partial charge is 0.324 e. The molecule has 0 aliphatic heterocycles. The monoisotopic (exact) mass is 273 g/mol. The van der Waals surface area contributed by atoms with Crippen molar-refractivity contribution in [3.05, 3.63) is 40.0 Å². The summed E-state index contributed by atoms with van der Waals surface area (Å²) in [5, 5.41) is 10.5. The highest BCUT2D eigenvalue weighted by molar-refractivity contribution is 6.32. The lowest BCUT2D eigenvalue weighted by Crippen LogP contribution is -1.95. The molecule has 19 heavy (non-hydrogen) atoms. The second kappa shape index (κ2) is 4.56. The highest BCUT2D eigenvalue weighted by atomic mass is 35.5. The first-order valence-corrected chi connectivity index (χ1v) is 6.42. The summed E-state index contributed by atoms with van der Waals surface area (Å²) >= 11 is 5.97. The average molecular weight is 274 g/mol. The van der Waals surface area contributed by atoms with Crippen LogP contribution in [-0.2, 0) is 0 Å². The number of hydrogen-bond donors (Lipinski definition) is 2. The van der Waals surface area contributed by atoms with Crippen LogP contribution in [0.5, 0.6) is 0 Å². The molecule has 96 valence electrons. The number of aryl methyl sites for hydroxylation is 1. The molecule has 1 aliphatic carbocycles. The molecule has 0 amide bonds. The standard InChI is InChI=1S/C13H12ClN5/c1-7-5-10(17-13(14)12(7)15-2)16-11-6-9(18-19-11)8-3-4-8/h5-6,8H,3-4H2,1H3,(H2,16,17,18,19). The first kappa shape index (κ1) is 12.0. The van der Waals surface area contributed by atoms with E-state index in [0.29, 0.717) is 17.4 Å². The molecule has 6 heteroatoms. The van der Waals surface area contributed by atoms with E-state index in [1.807, 2.05) is 13.0 Å². The summed E-state index contributed by atoms with van der Waals surface area (Å²) < 4.78 is 0. The van der Waals surface area contributed by atoms with E-state index in [1.165, 1.54) is 12.8 Å². The molecule has 1 aliphatic rings. The Balaban J connectivity index is 1.84. The maximum atomic E-state index is 7.04. The fourth-order valence-electron chi connectivity index (χ4n) is 1.96. The van der Waals surface area contributed by atoms with Gasteiger partial charge in [-0.25, -0.2) is 9.83 Å². The summed E-state index contributed by atoms with van der Waals surface area (Å²) in [6, 6.07) is 3.79. The molecular weight excluding hydrogens is 262 g/mol. The van der Waals surface area contributed by atoms with Crippen molar-refractivity contribution in [1.82, 2.24) is 15.2 Å². The van der Waals surface area contributed by atoms with Gasteiger partial charge in [-0.15, -0.1) is 0 Å².